The zero-order valence-corrected chi connectivity index (χ0v) is 17.4. The Bertz CT molecular complexity index is 731. The van der Waals surface area contributed by atoms with Crippen molar-refractivity contribution in [1.82, 2.24) is 15.1 Å². The molecule has 3 heterocycles. The SMILES string of the molecule is Cc1ccc(CN(C)C2(C)CCNCC2)c(N2CC3CC2CN3CC(=O)O)c1. The lowest BCUT2D eigenvalue weighted by Crippen LogP contribution is -2.51. The van der Waals surface area contributed by atoms with Crippen molar-refractivity contribution in [1.29, 1.82) is 0 Å². The maximum absolute atomic E-state index is 11.1. The van der Waals surface area contributed by atoms with Gasteiger partial charge in [0.15, 0.2) is 0 Å². The minimum Gasteiger partial charge on any atom is -0.480 e. The van der Waals surface area contributed by atoms with Gasteiger partial charge in [-0.15, -0.1) is 0 Å². The standard InChI is InChI=1S/C22H34N4O2/c1-16-4-5-17(12-24(3)22(2)6-8-23-9-7-22)20(10-16)26-14-18-11-19(26)13-25(18)15-21(27)28/h4-5,10,18-19,23H,6-9,11-15H2,1-3H3,(H,27,28). The zero-order valence-electron chi connectivity index (χ0n) is 17.4. The summed E-state index contributed by atoms with van der Waals surface area (Å²) in [5.41, 5.74) is 4.28. The molecule has 3 aliphatic rings. The molecule has 0 radical (unpaired) electrons. The van der Waals surface area contributed by atoms with Crippen LogP contribution in [-0.2, 0) is 11.3 Å². The van der Waals surface area contributed by atoms with E-state index in [4.69, 9.17) is 5.11 Å². The maximum Gasteiger partial charge on any atom is 0.317 e. The molecule has 1 aromatic rings. The molecule has 28 heavy (non-hydrogen) atoms. The van der Waals surface area contributed by atoms with Crippen molar-refractivity contribution < 1.29 is 9.90 Å². The van der Waals surface area contributed by atoms with E-state index in [2.05, 4.69) is 59.1 Å². The van der Waals surface area contributed by atoms with Gasteiger partial charge in [0.05, 0.1) is 6.54 Å². The van der Waals surface area contributed by atoms with E-state index in [-0.39, 0.29) is 12.1 Å². The molecule has 2 unspecified atom stereocenters. The van der Waals surface area contributed by atoms with E-state index >= 15 is 0 Å². The Morgan fingerprint density at radius 1 is 1.29 bits per heavy atom. The topological polar surface area (TPSA) is 59.0 Å². The molecule has 6 nitrogen and oxygen atoms in total. The summed E-state index contributed by atoms with van der Waals surface area (Å²) in [6.45, 7) is 9.68. The number of fused-ring (bicyclic) bond motifs is 2. The first-order valence-electron chi connectivity index (χ1n) is 10.6. The van der Waals surface area contributed by atoms with Gasteiger partial charge in [-0.2, -0.15) is 0 Å². The van der Waals surface area contributed by atoms with Crippen molar-refractivity contribution in [2.45, 2.75) is 57.3 Å². The number of aryl methyl sites for hydroxylation is 1. The first-order valence-corrected chi connectivity index (χ1v) is 10.6. The van der Waals surface area contributed by atoms with Crippen LogP contribution in [0.15, 0.2) is 18.2 Å². The molecule has 0 aliphatic carbocycles. The lowest BCUT2D eigenvalue weighted by molar-refractivity contribution is -0.138. The van der Waals surface area contributed by atoms with Gasteiger partial charge in [-0.05, 0) is 70.4 Å². The molecule has 4 rings (SSSR count). The number of hydrogen-bond acceptors (Lipinski definition) is 5. The van der Waals surface area contributed by atoms with Crippen LogP contribution in [0.1, 0.15) is 37.3 Å². The van der Waals surface area contributed by atoms with Crippen molar-refractivity contribution in [3.05, 3.63) is 29.3 Å². The normalized spacial score (nSPS) is 26.9. The Kier molecular flexibility index (Phi) is 5.38. The number of carboxylic acids is 1. The highest BCUT2D eigenvalue weighted by molar-refractivity contribution is 5.69. The van der Waals surface area contributed by atoms with E-state index in [0.717, 1.165) is 39.1 Å². The Hall–Kier alpha value is -1.63. The van der Waals surface area contributed by atoms with Gasteiger partial charge in [0.1, 0.15) is 0 Å². The first kappa shape index (κ1) is 19.7. The summed E-state index contributed by atoms with van der Waals surface area (Å²) < 4.78 is 0. The summed E-state index contributed by atoms with van der Waals surface area (Å²) in [4.78, 5) is 18.3. The van der Waals surface area contributed by atoms with Gasteiger partial charge < -0.3 is 15.3 Å². The number of likely N-dealkylation sites (tertiary alicyclic amines) is 1. The van der Waals surface area contributed by atoms with E-state index in [1.54, 1.807) is 0 Å². The Balaban J connectivity index is 1.51. The molecule has 0 spiro atoms. The van der Waals surface area contributed by atoms with Gasteiger partial charge in [-0.3, -0.25) is 14.6 Å². The third-order valence-corrected chi connectivity index (χ3v) is 7.25. The highest BCUT2D eigenvalue weighted by Crippen LogP contribution is 2.37. The summed E-state index contributed by atoms with van der Waals surface area (Å²) in [6.07, 6.45) is 3.45. The number of carboxylic acid groups (broad SMARTS) is 1. The predicted octanol–water partition coefficient (Wildman–Crippen LogP) is 1.92. The maximum atomic E-state index is 11.1. The van der Waals surface area contributed by atoms with Crippen LogP contribution < -0.4 is 10.2 Å². The molecule has 0 amide bonds. The number of piperazine rings is 1. The monoisotopic (exact) mass is 386 g/mol. The summed E-state index contributed by atoms with van der Waals surface area (Å²) in [7, 11) is 2.26. The predicted molar refractivity (Wildman–Crippen MR) is 112 cm³/mol. The quantitative estimate of drug-likeness (QED) is 0.779. The highest BCUT2D eigenvalue weighted by atomic mass is 16.4. The van der Waals surface area contributed by atoms with E-state index in [1.165, 1.54) is 29.7 Å². The fraction of sp³-hybridized carbons (Fsp3) is 0.682. The average molecular weight is 387 g/mol. The molecule has 3 aliphatic heterocycles. The van der Waals surface area contributed by atoms with Gasteiger partial charge in [-0.25, -0.2) is 0 Å². The van der Waals surface area contributed by atoms with Crippen LogP contribution in [0.25, 0.3) is 0 Å². The molecule has 3 saturated heterocycles. The Morgan fingerprint density at radius 2 is 2.04 bits per heavy atom. The lowest BCUT2D eigenvalue weighted by Gasteiger charge is -2.43. The first-order chi connectivity index (χ1) is 13.4. The van der Waals surface area contributed by atoms with E-state index in [9.17, 15) is 4.79 Å². The van der Waals surface area contributed by atoms with Crippen molar-refractivity contribution in [2.75, 3.05) is 44.7 Å². The molecular weight excluding hydrogens is 352 g/mol. The van der Waals surface area contributed by atoms with Crippen molar-refractivity contribution in [3.63, 3.8) is 0 Å². The number of hydrogen-bond donors (Lipinski definition) is 2. The third-order valence-electron chi connectivity index (χ3n) is 7.25. The average Bonchev–Trinajstić information content (AvgIpc) is 3.23. The number of nitrogens with zero attached hydrogens (tertiary/aromatic N) is 3. The van der Waals surface area contributed by atoms with Crippen molar-refractivity contribution in [3.8, 4) is 0 Å². The lowest BCUT2D eigenvalue weighted by atomic mass is 9.88. The summed E-state index contributed by atoms with van der Waals surface area (Å²) in [5.74, 6) is -0.716. The van der Waals surface area contributed by atoms with Crippen LogP contribution in [0.4, 0.5) is 5.69 Å². The highest BCUT2D eigenvalue weighted by Gasteiger charge is 2.44. The second-order valence-electron chi connectivity index (χ2n) is 9.25. The summed E-state index contributed by atoms with van der Waals surface area (Å²) in [6, 6.07) is 7.66. The Morgan fingerprint density at radius 3 is 2.68 bits per heavy atom. The third kappa shape index (κ3) is 3.78. The molecule has 1 aromatic carbocycles. The van der Waals surface area contributed by atoms with Crippen LogP contribution in [0, 0.1) is 6.92 Å². The van der Waals surface area contributed by atoms with Crippen LogP contribution in [-0.4, -0.2) is 78.3 Å². The van der Waals surface area contributed by atoms with Crippen LogP contribution in [0.2, 0.25) is 0 Å². The summed E-state index contributed by atoms with van der Waals surface area (Å²) in [5, 5.41) is 12.6. The molecule has 154 valence electrons. The van der Waals surface area contributed by atoms with Crippen LogP contribution in [0.3, 0.4) is 0 Å². The summed E-state index contributed by atoms with van der Waals surface area (Å²) >= 11 is 0. The van der Waals surface area contributed by atoms with Crippen LogP contribution in [0.5, 0.6) is 0 Å². The van der Waals surface area contributed by atoms with E-state index < -0.39 is 5.97 Å². The molecular formula is C22H34N4O2. The van der Waals surface area contributed by atoms with Crippen LogP contribution >= 0.6 is 0 Å². The second kappa shape index (κ2) is 7.65. The largest absolute Gasteiger partial charge is 0.480 e. The van der Waals surface area contributed by atoms with Gasteiger partial charge >= 0.3 is 5.97 Å². The minimum absolute atomic E-state index is 0.171. The molecule has 0 aromatic heterocycles. The molecule has 6 heteroatoms. The van der Waals surface area contributed by atoms with Gasteiger partial charge in [-0.1, -0.05) is 12.1 Å². The zero-order chi connectivity index (χ0) is 19.9. The van der Waals surface area contributed by atoms with Crippen molar-refractivity contribution in [2.24, 2.45) is 0 Å². The Labute approximate surface area is 168 Å². The molecule has 0 saturated carbocycles. The van der Waals surface area contributed by atoms with E-state index in [1.807, 2.05) is 0 Å². The fourth-order valence-corrected chi connectivity index (χ4v) is 5.28. The van der Waals surface area contributed by atoms with E-state index in [0.29, 0.717) is 12.1 Å². The smallest absolute Gasteiger partial charge is 0.317 e. The minimum atomic E-state index is -0.716. The van der Waals surface area contributed by atoms with Crippen molar-refractivity contribution >= 4 is 11.7 Å². The number of nitrogens with one attached hydrogen (secondary N) is 1. The number of piperidine rings is 1. The molecule has 2 atom stereocenters. The van der Waals surface area contributed by atoms with Gasteiger partial charge in [0.25, 0.3) is 0 Å². The number of aliphatic carboxylic acids is 1. The van der Waals surface area contributed by atoms with Gasteiger partial charge in [0, 0.05) is 42.9 Å². The second-order valence-corrected chi connectivity index (χ2v) is 9.25. The number of rotatable bonds is 6. The number of anilines is 1. The van der Waals surface area contributed by atoms with Gasteiger partial charge in [0.2, 0.25) is 0 Å². The number of carbonyl (C=O) groups is 1. The molecule has 2 N–H and O–H groups in total. The molecule has 2 bridgehead atoms. The fourth-order valence-electron chi connectivity index (χ4n) is 5.28. The number of benzene rings is 1. The molecule has 3 fully saturated rings.